The topological polar surface area (TPSA) is 78.4 Å². The van der Waals surface area contributed by atoms with Crippen LogP contribution < -0.4 is 10.6 Å². The number of aryl methyl sites for hydroxylation is 1. The Labute approximate surface area is 112 Å². The van der Waals surface area contributed by atoms with Gasteiger partial charge >= 0.3 is 12.0 Å². The Morgan fingerprint density at radius 2 is 2.00 bits per heavy atom. The molecule has 0 bridgehead atoms. The summed E-state index contributed by atoms with van der Waals surface area (Å²) in [6, 6.07) is 4.70. The highest BCUT2D eigenvalue weighted by Crippen LogP contribution is 2.44. The maximum Gasteiger partial charge on any atom is 0.335 e. The van der Waals surface area contributed by atoms with Gasteiger partial charge in [-0.2, -0.15) is 0 Å². The minimum Gasteiger partial charge on any atom is -0.478 e. The van der Waals surface area contributed by atoms with Crippen molar-refractivity contribution in [3.05, 3.63) is 29.3 Å². The van der Waals surface area contributed by atoms with Crippen LogP contribution in [0.5, 0.6) is 0 Å². The summed E-state index contributed by atoms with van der Waals surface area (Å²) in [4.78, 5) is 22.6. The highest BCUT2D eigenvalue weighted by atomic mass is 16.4. The Balaban J connectivity index is 1.98. The van der Waals surface area contributed by atoms with Crippen LogP contribution in [0.1, 0.15) is 36.2 Å². The molecule has 5 heteroatoms. The molecule has 1 atom stereocenters. The Hall–Kier alpha value is -2.04. The van der Waals surface area contributed by atoms with Gasteiger partial charge in [-0.3, -0.25) is 0 Å². The summed E-state index contributed by atoms with van der Waals surface area (Å²) >= 11 is 0. The van der Waals surface area contributed by atoms with Crippen molar-refractivity contribution >= 4 is 17.7 Å². The highest BCUT2D eigenvalue weighted by molar-refractivity contribution is 5.93. The molecular formula is C14H18N2O3. The summed E-state index contributed by atoms with van der Waals surface area (Å²) in [5.74, 6) is -0.965. The van der Waals surface area contributed by atoms with Crippen molar-refractivity contribution in [2.24, 2.45) is 5.41 Å². The molecule has 5 nitrogen and oxygen atoms in total. The average molecular weight is 262 g/mol. The minimum absolute atomic E-state index is 0.181. The first-order valence-electron chi connectivity index (χ1n) is 6.21. The quantitative estimate of drug-likeness (QED) is 0.783. The first-order valence-corrected chi connectivity index (χ1v) is 6.21. The molecule has 0 aromatic heterocycles. The molecule has 2 amide bonds. The van der Waals surface area contributed by atoms with Gasteiger partial charge in [-0.15, -0.1) is 0 Å². The lowest BCUT2D eigenvalue weighted by Crippen LogP contribution is -2.32. The molecule has 0 saturated heterocycles. The zero-order valence-corrected chi connectivity index (χ0v) is 11.3. The zero-order chi connectivity index (χ0) is 14.2. The van der Waals surface area contributed by atoms with E-state index in [1.807, 2.05) is 0 Å². The van der Waals surface area contributed by atoms with Crippen molar-refractivity contribution < 1.29 is 14.7 Å². The van der Waals surface area contributed by atoms with Gasteiger partial charge in [0.05, 0.1) is 5.56 Å². The van der Waals surface area contributed by atoms with Crippen molar-refractivity contribution in [3.63, 3.8) is 0 Å². The average Bonchev–Trinajstić information content (AvgIpc) is 2.84. The van der Waals surface area contributed by atoms with Crippen molar-refractivity contribution in [1.82, 2.24) is 5.32 Å². The lowest BCUT2D eigenvalue weighted by Gasteiger charge is -2.10. The first-order chi connectivity index (χ1) is 8.79. The summed E-state index contributed by atoms with van der Waals surface area (Å²) in [6.07, 6.45) is 0.984. The molecule has 0 heterocycles. The number of carboxylic acids is 1. The van der Waals surface area contributed by atoms with E-state index in [4.69, 9.17) is 5.11 Å². The predicted octanol–water partition coefficient (Wildman–Crippen LogP) is 2.61. The summed E-state index contributed by atoms with van der Waals surface area (Å²) in [7, 11) is 0. The molecule has 19 heavy (non-hydrogen) atoms. The molecule has 102 valence electrons. The van der Waals surface area contributed by atoms with Crippen LogP contribution >= 0.6 is 0 Å². The molecule has 1 fully saturated rings. The van der Waals surface area contributed by atoms with Gasteiger partial charge < -0.3 is 15.7 Å². The molecule has 1 aromatic rings. The fourth-order valence-electron chi connectivity index (χ4n) is 2.02. The number of carbonyl (C=O) groups excluding carboxylic acids is 1. The number of aromatic carboxylic acids is 1. The molecule has 0 aliphatic heterocycles. The molecule has 1 aliphatic carbocycles. The van der Waals surface area contributed by atoms with E-state index in [2.05, 4.69) is 24.5 Å². The molecule has 1 aliphatic rings. The fourth-order valence-corrected chi connectivity index (χ4v) is 2.02. The molecule has 2 rings (SSSR count). The maximum absolute atomic E-state index is 11.7. The van der Waals surface area contributed by atoms with Crippen LogP contribution in [0.2, 0.25) is 0 Å². The zero-order valence-electron chi connectivity index (χ0n) is 11.3. The van der Waals surface area contributed by atoms with Crippen molar-refractivity contribution in [1.29, 1.82) is 0 Å². The smallest absolute Gasteiger partial charge is 0.335 e. The second kappa shape index (κ2) is 4.57. The van der Waals surface area contributed by atoms with Gasteiger partial charge in [0.1, 0.15) is 0 Å². The number of urea groups is 1. The molecule has 0 spiro atoms. The van der Waals surface area contributed by atoms with Crippen molar-refractivity contribution in [3.8, 4) is 0 Å². The van der Waals surface area contributed by atoms with Crippen LogP contribution in [-0.4, -0.2) is 23.1 Å². The Kier molecular flexibility index (Phi) is 3.22. The van der Waals surface area contributed by atoms with E-state index in [0.717, 1.165) is 6.42 Å². The molecule has 3 N–H and O–H groups in total. The van der Waals surface area contributed by atoms with Gasteiger partial charge in [-0.25, -0.2) is 9.59 Å². The molecule has 1 saturated carbocycles. The van der Waals surface area contributed by atoms with Crippen LogP contribution in [0.4, 0.5) is 10.5 Å². The fraction of sp³-hybridized carbons (Fsp3) is 0.429. The molecular weight excluding hydrogens is 244 g/mol. The van der Waals surface area contributed by atoms with E-state index in [9.17, 15) is 9.59 Å². The first kappa shape index (κ1) is 13.4. The number of carboxylic acid groups (broad SMARTS) is 1. The van der Waals surface area contributed by atoms with Gasteiger partial charge in [-0.05, 0) is 42.5 Å². The van der Waals surface area contributed by atoms with Gasteiger partial charge in [0, 0.05) is 11.7 Å². The van der Waals surface area contributed by atoms with E-state index in [0.29, 0.717) is 11.3 Å². The van der Waals surface area contributed by atoms with Crippen molar-refractivity contribution in [2.45, 2.75) is 33.2 Å². The largest absolute Gasteiger partial charge is 0.478 e. The SMILES string of the molecule is Cc1cc(NC(=O)NC2CC2(C)C)ccc1C(=O)O. The lowest BCUT2D eigenvalue weighted by molar-refractivity contribution is 0.0696. The number of hydrogen-bond acceptors (Lipinski definition) is 2. The summed E-state index contributed by atoms with van der Waals surface area (Å²) in [5, 5.41) is 14.5. The van der Waals surface area contributed by atoms with Crippen LogP contribution in [0.3, 0.4) is 0 Å². The number of rotatable bonds is 3. The third kappa shape index (κ3) is 3.05. The lowest BCUT2D eigenvalue weighted by atomic mass is 10.1. The number of hydrogen-bond donors (Lipinski definition) is 3. The van der Waals surface area contributed by atoms with Crippen LogP contribution in [0, 0.1) is 12.3 Å². The minimum atomic E-state index is -0.965. The van der Waals surface area contributed by atoms with Crippen molar-refractivity contribution in [2.75, 3.05) is 5.32 Å². The third-order valence-electron chi connectivity index (χ3n) is 3.53. The second-order valence-electron chi connectivity index (χ2n) is 5.68. The van der Waals surface area contributed by atoms with E-state index >= 15 is 0 Å². The standard InChI is InChI=1S/C14H18N2O3/c1-8-6-9(4-5-10(8)12(17)18)15-13(19)16-11-7-14(11,2)3/h4-6,11H,7H2,1-3H3,(H,17,18)(H2,15,16,19). The van der Waals surface area contributed by atoms with Crippen LogP contribution in [0.25, 0.3) is 0 Å². The Morgan fingerprint density at radius 1 is 1.37 bits per heavy atom. The van der Waals surface area contributed by atoms with E-state index < -0.39 is 5.97 Å². The molecule has 0 radical (unpaired) electrons. The summed E-state index contributed by atoms with van der Waals surface area (Å²) in [5.41, 5.74) is 1.64. The normalized spacial score (nSPS) is 19.6. The molecule has 1 aromatic carbocycles. The third-order valence-corrected chi connectivity index (χ3v) is 3.53. The summed E-state index contributed by atoms with van der Waals surface area (Å²) < 4.78 is 0. The van der Waals surface area contributed by atoms with E-state index in [1.54, 1.807) is 19.1 Å². The van der Waals surface area contributed by atoms with Gasteiger partial charge in [0.15, 0.2) is 0 Å². The Morgan fingerprint density at radius 3 is 2.47 bits per heavy atom. The Bertz CT molecular complexity index is 537. The second-order valence-corrected chi connectivity index (χ2v) is 5.68. The number of benzene rings is 1. The van der Waals surface area contributed by atoms with Crippen LogP contribution in [0.15, 0.2) is 18.2 Å². The number of anilines is 1. The molecule has 1 unspecified atom stereocenters. The highest BCUT2D eigenvalue weighted by Gasteiger charge is 2.46. The number of amides is 2. The van der Waals surface area contributed by atoms with E-state index in [-0.39, 0.29) is 23.1 Å². The number of nitrogens with one attached hydrogen (secondary N) is 2. The maximum atomic E-state index is 11.7. The van der Waals surface area contributed by atoms with Gasteiger partial charge in [0.25, 0.3) is 0 Å². The monoisotopic (exact) mass is 262 g/mol. The van der Waals surface area contributed by atoms with Gasteiger partial charge in [0.2, 0.25) is 0 Å². The summed E-state index contributed by atoms with van der Waals surface area (Å²) in [6.45, 7) is 5.91. The van der Waals surface area contributed by atoms with Gasteiger partial charge in [-0.1, -0.05) is 13.8 Å². The van der Waals surface area contributed by atoms with Crippen LogP contribution in [-0.2, 0) is 0 Å². The van der Waals surface area contributed by atoms with E-state index in [1.165, 1.54) is 6.07 Å². The predicted molar refractivity (Wildman–Crippen MR) is 72.5 cm³/mol. The number of carbonyl (C=O) groups is 2.